The Hall–Kier alpha value is -1.95. The van der Waals surface area contributed by atoms with Gasteiger partial charge in [0, 0.05) is 24.7 Å². The van der Waals surface area contributed by atoms with Crippen molar-refractivity contribution in [2.45, 2.75) is 39.0 Å². The molecule has 0 unspecified atom stereocenters. The van der Waals surface area contributed by atoms with E-state index in [1.807, 2.05) is 0 Å². The first-order valence-electron chi connectivity index (χ1n) is 7.49. The normalized spacial score (nSPS) is 9.91. The Morgan fingerprint density at radius 1 is 1.09 bits per heavy atom. The molecular weight excluding hydrogens is 298 g/mol. The zero-order valence-corrected chi connectivity index (χ0v) is 13.9. The topological polar surface area (TPSA) is 70.2 Å². The number of nitrogens with one attached hydrogen (secondary N) is 3. The number of hydrogen-bond acceptors (Lipinski definition) is 3. The summed E-state index contributed by atoms with van der Waals surface area (Å²) in [7, 11) is 1.58. The molecule has 120 valence electrons. The van der Waals surface area contributed by atoms with Crippen LogP contribution >= 0.6 is 12.2 Å². The van der Waals surface area contributed by atoms with Crippen molar-refractivity contribution >= 4 is 34.8 Å². The van der Waals surface area contributed by atoms with Crippen LogP contribution in [0.5, 0.6) is 0 Å². The van der Waals surface area contributed by atoms with E-state index in [4.69, 9.17) is 12.2 Å². The van der Waals surface area contributed by atoms with Crippen LogP contribution in [0.25, 0.3) is 0 Å². The lowest BCUT2D eigenvalue weighted by molar-refractivity contribution is -0.119. The summed E-state index contributed by atoms with van der Waals surface area (Å²) in [5.41, 5.74) is 1.29. The number of unbranched alkanes of at least 4 members (excludes halogenated alkanes) is 3. The molecule has 5 nitrogen and oxygen atoms in total. The maximum Gasteiger partial charge on any atom is 0.251 e. The molecule has 0 aliphatic heterocycles. The van der Waals surface area contributed by atoms with E-state index in [1.165, 1.54) is 0 Å². The lowest BCUT2D eigenvalue weighted by Crippen LogP contribution is -2.33. The smallest absolute Gasteiger partial charge is 0.251 e. The molecule has 0 radical (unpaired) electrons. The number of carbonyl (C=O) groups is 2. The highest BCUT2D eigenvalue weighted by atomic mass is 32.1. The maximum atomic E-state index is 11.7. The van der Waals surface area contributed by atoms with E-state index in [9.17, 15) is 9.59 Å². The first-order valence-corrected chi connectivity index (χ1v) is 7.90. The van der Waals surface area contributed by atoms with E-state index in [0.29, 0.717) is 12.0 Å². The van der Waals surface area contributed by atoms with Crippen LogP contribution in [-0.4, -0.2) is 24.0 Å². The number of hydrogen-bond donors (Lipinski definition) is 3. The molecule has 0 bridgehead atoms. The van der Waals surface area contributed by atoms with Gasteiger partial charge in [0.2, 0.25) is 5.91 Å². The van der Waals surface area contributed by atoms with E-state index in [2.05, 4.69) is 22.9 Å². The van der Waals surface area contributed by atoms with Gasteiger partial charge in [0.25, 0.3) is 5.91 Å². The molecule has 22 heavy (non-hydrogen) atoms. The van der Waals surface area contributed by atoms with Gasteiger partial charge in [0.1, 0.15) is 0 Å². The number of amides is 2. The van der Waals surface area contributed by atoms with Crippen molar-refractivity contribution in [3.63, 3.8) is 0 Å². The first-order chi connectivity index (χ1) is 10.6. The zero-order valence-electron chi connectivity index (χ0n) is 13.1. The maximum absolute atomic E-state index is 11.7. The Morgan fingerprint density at radius 3 is 2.36 bits per heavy atom. The third-order valence-corrected chi connectivity index (χ3v) is 3.35. The standard InChI is InChI=1S/C16H23N3O2S/c1-3-4-5-6-7-14(20)19-16(22)18-13-10-8-12(9-11-13)15(21)17-2/h8-11H,3-7H2,1-2H3,(H,17,21)(H2,18,19,20,22). The van der Waals surface area contributed by atoms with E-state index < -0.39 is 0 Å². The monoisotopic (exact) mass is 321 g/mol. The molecule has 0 atom stereocenters. The molecule has 0 saturated heterocycles. The Labute approximate surface area is 136 Å². The molecule has 1 aromatic carbocycles. The average Bonchev–Trinajstić information content (AvgIpc) is 2.51. The van der Waals surface area contributed by atoms with Crippen molar-refractivity contribution in [1.82, 2.24) is 10.6 Å². The van der Waals surface area contributed by atoms with Crippen molar-refractivity contribution in [2.24, 2.45) is 0 Å². The lowest BCUT2D eigenvalue weighted by atomic mass is 10.1. The molecule has 0 aliphatic carbocycles. The van der Waals surface area contributed by atoms with Crippen molar-refractivity contribution in [1.29, 1.82) is 0 Å². The highest BCUT2D eigenvalue weighted by molar-refractivity contribution is 7.80. The SMILES string of the molecule is CCCCCCC(=O)NC(=S)Nc1ccc(C(=O)NC)cc1. The van der Waals surface area contributed by atoms with Gasteiger partial charge in [-0.1, -0.05) is 26.2 Å². The van der Waals surface area contributed by atoms with Gasteiger partial charge < -0.3 is 16.0 Å². The fourth-order valence-electron chi connectivity index (χ4n) is 1.91. The van der Waals surface area contributed by atoms with Gasteiger partial charge in [-0.15, -0.1) is 0 Å². The van der Waals surface area contributed by atoms with Gasteiger partial charge in [-0.2, -0.15) is 0 Å². The molecule has 0 saturated carbocycles. The second kappa shape index (κ2) is 9.89. The van der Waals surface area contributed by atoms with Crippen LogP contribution in [0.1, 0.15) is 49.4 Å². The molecule has 2 amide bonds. The molecule has 0 spiro atoms. The van der Waals surface area contributed by atoms with Crippen LogP contribution in [0.15, 0.2) is 24.3 Å². The van der Waals surface area contributed by atoms with E-state index in [0.717, 1.165) is 31.4 Å². The summed E-state index contributed by atoms with van der Waals surface area (Å²) in [6.07, 6.45) is 4.72. The summed E-state index contributed by atoms with van der Waals surface area (Å²) < 4.78 is 0. The Morgan fingerprint density at radius 2 is 1.77 bits per heavy atom. The average molecular weight is 321 g/mol. The van der Waals surface area contributed by atoms with Crippen LogP contribution in [0.3, 0.4) is 0 Å². The highest BCUT2D eigenvalue weighted by Gasteiger charge is 2.06. The molecule has 1 rings (SSSR count). The zero-order chi connectivity index (χ0) is 16.4. The molecule has 0 heterocycles. The summed E-state index contributed by atoms with van der Waals surface area (Å²) in [6.45, 7) is 2.13. The van der Waals surface area contributed by atoms with Crippen LogP contribution in [-0.2, 0) is 4.79 Å². The van der Waals surface area contributed by atoms with Gasteiger partial charge in [-0.25, -0.2) is 0 Å². The summed E-state index contributed by atoms with van der Waals surface area (Å²) in [5.74, 6) is -0.218. The summed E-state index contributed by atoms with van der Waals surface area (Å²) in [6, 6.07) is 6.86. The fourth-order valence-corrected chi connectivity index (χ4v) is 2.14. The minimum atomic E-state index is -0.144. The minimum absolute atomic E-state index is 0.0735. The Balaban J connectivity index is 2.38. The number of benzene rings is 1. The number of anilines is 1. The fraction of sp³-hybridized carbons (Fsp3) is 0.438. The third-order valence-electron chi connectivity index (χ3n) is 3.14. The Bertz CT molecular complexity index is 515. The highest BCUT2D eigenvalue weighted by Crippen LogP contribution is 2.09. The number of carbonyl (C=O) groups excluding carboxylic acids is 2. The summed E-state index contributed by atoms with van der Waals surface area (Å²) >= 11 is 5.10. The van der Waals surface area contributed by atoms with Crippen LogP contribution in [0.4, 0.5) is 5.69 Å². The second-order valence-electron chi connectivity index (χ2n) is 4.97. The Kier molecular flexibility index (Phi) is 8.14. The molecule has 0 fully saturated rings. The van der Waals surface area contributed by atoms with Gasteiger partial charge in [-0.3, -0.25) is 9.59 Å². The van der Waals surface area contributed by atoms with Crippen LogP contribution < -0.4 is 16.0 Å². The van der Waals surface area contributed by atoms with Gasteiger partial charge in [-0.05, 0) is 42.9 Å². The lowest BCUT2D eigenvalue weighted by Gasteiger charge is -2.10. The largest absolute Gasteiger partial charge is 0.355 e. The molecule has 3 N–H and O–H groups in total. The second-order valence-corrected chi connectivity index (χ2v) is 5.38. The van der Waals surface area contributed by atoms with Crippen molar-refractivity contribution < 1.29 is 9.59 Å². The van der Waals surface area contributed by atoms with E-state index >= 15 is 0 Å². The number of thiocarbonyl (C=S) groups is 1. The van der Waals surface area contributed by atoms with Crippen molar-refractivity contribution in [2.75, 3.05) is 12.4 Å². The first kappa shape index (κ1) is 18.1. The predicted molar refractivity (Wildman–Crippen MR) is 93.0 cm³/mol. The van der Waals surface area contributed by atoms with Gasteiger partial charge in [0.15, 0.2) is 5.11 Å². The summed E-state index contributed by atoms with van der Waals surface area (Å²) in [4.78, 5) is 23.1. The number of rotatable bonds is 7. The molecular formula is C16H23N3O2S. The quantitative estimate of drug-likeness (QED) is 0.533. The van der Waals surface area contributed by atoms with Crippen molar-refractivity contribution in [3.8, 4) is 0 Å². The van der Waals surface area contributed by atoms with Crippen LogP contribution in [0.2, 0.25) is 0 Å². The van der Waals surface area contributed by atoms with E-state index in [1.54, 1.807) is 31.3 Å². The molecule has 1 aromatic rings. The predicted octanol–water partition coefficient (Wildman–Crippen LogP) is 2.83. The third kappa shape index (κ3) is 6.67. The van der Waals surface area contributed by atoms with E-state index in [-0.39, 0.29) is 16.9 Å². The summed E-state index contributed by atoms with van der Waals surface area (Å²) in [5, 5.41) is 8.41. The molecule has 6 heteroatoms. The minimum Gasteiger partial charge on any atom is -0.355 e. The van der Waals surface area contributed by atoms with Gasteiger partial charge >= 0.3 is 0 Å². The van der Waals surface area contributed by atoms with Gasteiger partial charge in [0.05, 0.1) is 0 Å². The molecule has 0 aliphatic rings. The van der Waals surface area contributed by atoms with Crippen molar-refractivity contribution in [3.05, 3.63) is 29.8 Å². The molecule has 0 aromatic heterocycles. The van der Waals surface area contributed by atoms with Crippen LogP contribution in [0, 0.1) is 0 Å².